The largest absolute Gasteiger partial charge is 0.480 e. The molecule has 0 radical (unpaired) electrons. The zero-order valence-corrected chi connectivity index (χ0v) is 18.8. The molecule has 0 bridgehead atoms. The van der Waals surface area contributed by atoms with Crippen LogP contribution in [0.15, 0.2) is 30.3 Å². The van der Waals surface area contributed by atoms with Gasteiger partial charge in [0.15, 0.2) is 0 Å². The molecule has 9 nitrogen and oxygen atoms in total. The van der Waals surface area contributed by atoms with Gasteiger partial charge < -0.3 is 25.4 Å². The van der Waals surface area contributed by atoms with Crippen LogP contribution in [0.1, 0.15) is 47.1 Å². The van der Waals surface area contributed by atoms with Gasteiger partial charge in [0.25, 0.3) is 5.91 Å². The molecule has 0 unspecified atom stereocenters. The molecule has 0 aliphatic carbocycles. The Morgan fingerprint density at radius 1 is 1.16 bits per heavy atom. The van der Waals surface area contributed by atoms with Crippen LogP contribution in [0.25, 0.3) is 0 Å². The highest BCUT2D eigenvalue weighted by molar-refractivity contribution is 6.00. The van der Waals surface area contributed by atoms with E-state index < -0.39 is 46.6 Å². The Morgan fingerprint density at radius 3 is 2.23 bits per heavy atom. The van der Waals surface area contributed by atoms with Crippen LogP contribution in [0.4, 0.5) is 4.79 Å². The number of nitrogens with one attached hydrogen (secondary N) is 2. The van der Waals surface area contributed by atoms with Crippen molar-refractivity contribution in [2.75, 3.05) is 6.54 Å². The average Bonchev–Trinajstić information content (AvgIpc) is 2.63. The van der Waals surface area contributed by atoms with E-state index in [0.29, 0.717) is 0 Å². The molecule has 2 rings (SSSR count). The second kappa shape index (κ2) is 8.56. The van der Waals surface area contributed by atoms with Crippen molar-refractivity contribution in [3.63, 3.8) is 0 Å². The van der Waals surface area contributed by atoms with Crippen molar-refractivity contribution in [1.29, 1.82) is 0 Å². The monoisotopic (exact) mass is 433 g/mol. The molecular formula is C22H31N3O6. The van der Waals surface area contributed by atoms with Crippen molar-refractivity contribution in [1.82, 2.24) is 15.5 Å². The lowest BCUT2D eigenvalue weighted by molar-refractivity contribution is -0.161. The van der Waals surface area contributed by atoms with E-state index in [-0.39, 0.29) is 13.0 Å². The van der Waals surface area contributed by atoms with Crippen LogP contribution in [0.5, 0.6) is 0 Å². The first kappa shape index (κ1) is 24.2. The fraction of sp³-hybridized carbons (Fsp3) is 0.545. The molecule has 0 spiro atoms. The van der Waals surface area contributed by atoms with Gasteiger partial charge in [-0.1, -0.05) is 30.3 Å². The highest BCUT2D eigenvalue weighted by Crippen LogP contribution is 2.30. The van der Waals surface area contributed by atoms with E-state index in [9.17, 15) is 24.3 Å². The Morgan fingerprint density at radius 2 is 1.74 bits per heavy atom. The Hall–Kier alpha value is -3.10. The van der Waals surface area contributed by atoms with Crippen LogP contribution in [0.3, 0.4) is 0 Å². The summed E-state index contributed by atoms with van der Waals surface area (Å²) >= 11 is 0. The van der Waals surface area contributed by atoms with Crippen molar-refractivity contribution in [3.8, 4) is 0 Å². The van der Waals surface area contributed by atoms with Gasteiger partial charge in [0, 0.05) is 6.42 Å². The van der Waals surface area contributed by atoms with Crippen LogP contribution in [0.2, 0.25) is 0 Å². The molecule has 0 aromatic heterocycles. The molecule has 1 aliphatic heterocycles. The maximum Gasteiger partial charge on any atom is 0.408 e. The highest BCUT2D eigenvalue weighted by atomic mass is 16.6. The first-order chi connectivity index (χ1) is 14.2. The summed E-state index contributed by atoms with van der Waals surface area (Å²) in [6.45, 7) is 9.50. The summed E-state index contributed by atoms with van der Waals surface area (Å²) in [6, 6.07) is 8.31. The van der Waals surface area contributed by atoms with E-state index in [1.807, 2.05) is 30.3 Å². The average molecular weight is 434 g/mol. The summed E-state index contributed by atoms with van der Waals surface area (Å²) in [5.41, 5.74) is -2.62. The molecule has 3 amide bonds. The number of ether oxygens (including phenoxy) is 1. The minimum absolute atomic E-state index is 0.0854. The lowest BCUT2D eigenvalue weighted by Crippen LogP contribution is -2.78. The van der Waals surface area contributed by atoms with Gasteiger partial charge in [-0.05, 0) is 47.1 Å². The van der Waals surface area contributed by atoms with E-state index >= 15 is 0 Å². The number of hydrogen-bond donors (Lipinski definition) is 3. The minimum Gasteiger partial charge on any atom is -0.480 e. The normalized spacial score (nSPS) is 19.8. The van der Waals surface area contributed by atoms with E-state index in [2.05, 4.69) is 10.6 Å². The second-order valence-corrected chi connectivity index (χ2v) is 9.40. The molecular weight excluding hydrogens is 402 g/mol. The minimum atomic E-state index is -1.48. The predicted octanol–water partition coefficient (Wildman–Crippen LogP) is 1.70. The van der Waals surface area contributed by atoms with Crippen LogP contribution in [-0.4, -0.2) is 63.1 Å². The van der Waals surface area contributed by atoms with E-state index in [4.69, 9.17) is 4.74 Å². The molecule has 2 atom stereocenters. The highest BCUT2D eigenvalue weighted by Gasteiger charge is 2.56. The number of aliphatic carboxylic acids is 1. The summed E-state index contributed by atoms with van der Waals surface area (Å²) in [7, 11) is 0. The third-order valence-corrected chi connectivity index (χ3v) is 5.02. The van der Waals surface area contributed by atoms with Gasteiger partial charge in [-0.25, -0.2) is 9.59 Å². The molecule has 170 valence electrons. The summed E-state index contributed by atoms with van der Waals surface area (Å²) in [5, 5.41) is 14.3. The number of alkyl carbamates (subject to hydrolysis) is 1. The second-order valence-electron chi connectivity index (χ2n) is 9.40. The van der Waals surface area contributed by atoms with Gasteiger partial charge in [0.05, 0.1) is 6.54 Å². The molecule has 31 heavy (non-hydrogen) atoms. The SMILES string of the molecule is C[C@H](C(=O)NC(C)(C)C(=O)O)N1C[C@@](Cc2ccccc2)(NC(=O)OC(C)(C)C)C1=O. The topological polar surface area (TPSA) is 125 Å². The van der Waals surface area contributed by atoms with Crippen LogP contribution in [-0.2, 0) is 25.5 Å². The smallest absolute Gasteiger partial charge is 0.408 e. The summed E-state index contributed by atoms with van der Waals surface area (Å²) < 4.78 is 5.33. The van der Waals surface area contributed by atoms with E-state index in [1.54, 1.807) is 20.8 Å². The molecule has 1 saturated heterocycles. The van der Waals surface area contributed by atoms with Crippen molar-refractivity contribution >= 4 is 23.9 Å². The number of hydrogen-bond acceptors (Lipinski definition) is 5. The van der Waals surface area contributed by atoms with Crippen LogP contribution < -0.4 is 10.6 Å². The number of carboxylic acid groups (broad SMARTS) is 1. The molecule has 3 N–H and O–H groups in total. The standard InChI is InChI=1S/C22H31N3O6/c1-14(16(26)23-21(5,6)18(28)29)25-13-22(17(25)27,12-15-10-8-7-9-11-15)24-19(30)31-20(2,3)4/h7-11,14H,12-13H2,1-6H3,(H,23,26)(H,24,30)(H,28,29)/t14-,22-/m1/s1. The molecule has 9 heteroatoms. The fourth-order valence-electron chi connectivity index (χ4n) is 3.25. The molecule has 0 saturated carbocycles. The Balaban J connectivity index is 2.19. The number of benzene rings is 1. The van der Waals surface area contributed by atoms with Gasteiger partial charge in [-0.3, -0.25) is 9.59 Å². The fourth-order valence-corrected chi connectivity index (χ4v) is 3.25. The zero-order chi connectivity index (χ0) is 23.6. The lowest BCUT2D eigenvalue weighted by Gasteiger charge is -2.51. The van der Waals surface area contributed by atoms with Gasteiger partial charge >= 0.3 is 12.1 Å². The number of nitrogens with zero attached hydrogens (tertiary/aromatic N) is 1. The number of carbonyl (C=O) groups excluding carboxylic acids is 3. The molecule has 1 aromatic carbocycles. The number of carboxylic acids is 1. The van der Waals surface area contributed by atoms with Crippen LogP contribution in [0, 0.1) is 0 Å². The van der Waals surface area contributed by atoms with E-state index in [1.165, 1.54) is 25.7 Å². The molecule has 1 fully saturated rings. The Kier molecular flexibility index (Phi) is 6.68. The van der Waals surface area contributed by atoms with E-state index in [0.717, 1.165) is 5.56 Å². The van der Waals surface area contributed by atoms with Crippen molar-refractivity contribution in [2.45, 2.75) is 70.7 Å². The quantitative estimate of drug-likeness (QED) is 0.562. The number of amides is 3. The first-order valence-electron chi connectivity index (χ1n) is 10.1. The maximum absolute atomic E-state index is 13.2. The summed E-state index contributed by atoms with van der Waals surface area (Å²) in [6.07, 6.45) is -0.488. The Labute approximate surface area is 182 Å². The van der Waals surface area contributed by atoms with Gasteiger partial charge in [-0.15, -0.1) is 0 Å². The third kappa shape index (κ3) is 5.74. The van der Waals surface area contributed by atoms with Crippen molar-refractivity contribution in [3.05, 3.63) is 35.9 Å². The first-order valence-corrected chi connectivity index (χ1v) is 10.1. The predicted molar refractivity (Wildman–Crippen MR) is 113 cm³/mol. The van der Waals surface area contributed by atoms with Gasteiger partial charge in [-0.2, -0.15) is 0 Å². The molecule has 1 aliphatic rings. The third-order valence-electron chi connectivity index (χ3n) is 5.02. The summed E-state index contributed by atoms with van der Waals surface area (Å²) in [4.78, 5) is 50.8. The molecule has 1 aromatic rings. The maximum atomic E-state index is 13.2. The van der Waals surface area contributed by atoms with Gasteiger partial charge in [0.1, 0.15) is 22.7 Å². The lowest BCUT2D eigenvalue weighted by atomic mass is 9.81. The summed E-state index contributed by atoms with van der Waals surface area (Å²) in [5.74, 6) is -2.21. The number of rotatable bonds is 7. The van der Waals surface area contributed by atoms with Crippen LogP contribution >= 0.6 is 0 Å². The van der Waals surface area contributed by atoms with Crippen molar-refractivity contribution < 1.29 is 29.0 Å². The number of β-lactam (4-membered cyclic amide) rings is 1. The number of likely N-dealkylation sites (tertiary alicyclic amines) is 1. The Bertz CT molecular complexity index is 862. The molecule has 1 heterocycles. The van der Waals surface area contributed by atoms with Gasteiger partial charge in [0.2, 0.25) is 5.91 Å². The van der Waals surface area contributed by atoms with Crippen molar-refractivity contribution in [2.24, 2.45) is 0 Å². The zero-order valence-electron chi connectivity index (χ0n) is 18.8. The number of carbonyl (C=O) groups is 4.